The van der Waals surface area contributed by atoms with Gasteiger partial charge in [-0.2, -0.15) is 0 Å². The molecule has 0 saturated heterocycles. The molecule has 0 spiro atoms. The van der Waals surface area contributed by atoms with Crippen LogP contribution in [0.1, 0.15) is 122 Å². The Balaban J connectivity index is -0.000000365. The number of unbranched alkanes of at least 4 members (excludes halogenated alkanes) is 1. The molecule has 8 nitrogen and oxygen atoms in total. The molecule has 0 aliphatic carbocycles. The number of hydrogen-bond acceptors (Lipinski definition) is 8. The average molecular weight is 950 g/mol. The van der Waals surface area contributed by atoms with Crippen molar-refractivity contribution in [2.45, 2.75) is 122 Å². The Morgan fingerprint density at radius 2 is 0.597 bits per heavy atom. The number of carbonyl (C=O) groups is 4. The van der Waals surface area contributed by atoms with Gasteiger partial charge in [-0.25, -0.2) is 0 Å². The van der Waals surface area contributed by atoms with E-state index in [0.717, 1.165) is 82.3 Å². The van der Waals surface area contributed by atoms with Crippen molar-refractivity contribution >= 4 is 67.5 Å². The molecule has 0 bridgehead atoms. The van der Waals surface area contributed by atoms with Crippen LogP contribution < -0.4 is 0 Å². The SMILES string of the molecule is C=C(C)C(=O)SCC[N+](C)(C)C.C=C(C)C(=O)SCC[N+](CC)(CC)CC.C=C(C)C(=O)SCC[N+](CC)(CCC)CCC.C=C(C)C(=O)SCC[N+](CC)(CCC)CCCC. The summed E-state index contributed by atoms with van der Waals surface area (Å²) in [6.45, 7) is 56.9. The molecule has 0 N–H and O–H groups in total. The highest BCUT2D eigenvalue weighted by molar-refractivity contribution is 8.14. The van der Waals surface area contributed by atoms with Crippen LogP contribution in [-0.4, -0.2) is 168 Å². The Labute approximate surface area is 402 Å². The fraction of sp³-hybridized carbons (Fsp3) is 0.760. The highest BCUT2D eigenvalue weighted by Gasteiger charge is 2.25. The minimum atomic E-state index is 0.114. The number of hydrogen-bond donors (Lipinski definition) is 0. The van der Waals surface area contributed by atoms with Crippen molar-refractivity contribution in [3.8, 4) is 0 Å². The van der Waals surface area contributed by atoms with Gasteiger partial charge in [-0.15, -0.1) is 0 Å². The summed E-state index contributed by atoms with van der Waals surface area (Å²) in [4.78, 5) is 45.5. The monoisotopic (exact) mass is 949 g/mol. The zero-order chi connectivity index (χ0) is 49.0. The third-order valence-electron chi connectivity index (χ3n) is 11.2. The molecular weight excluding hydrogens is 849 g/mol. The average Bonchev–Trinajstić information content (AvgIpc) is 3.21. The first-order chi connectivity index (χ1) is 28.9. The molecule has 0 aromatic carbocycles. The van der Waals surface area contributed by atoms with E-state index in [1.807, 2.05) is 0 Å². The van der Waals surface area contributed by atoms with Crippen molar-refractivity contribution in [2.75, 3.05) is 129 Å². The summed E-state index contributed by atoms with van der Waals surface area (Å²) in [5, 5.41) is 0.545. The minimum absolute atomic E-state index is 0.114. The van der Waals surface area contributed by atoms with Crippen LogP contribution in [0.3, 0.4) is 0 Å². The molecule has 0 aromatic rings. The lowest BCUT2D eigenvalue weighted by Gasteiger charge is -2.37. The Bertz CT molecular complexity index is 1300. The highest BCUT2D eigenvalue weighted by atomic mass is 32.2. The second-order valence-corrected chi connectivity index (χ2v) is 22.0. The molecule has 1 unspecified atom stereocenters. The second-order valence-electron chi connectivity index (χ2n) is 17.7. The molecule has 1 atom stereocenters. The van der Waals surface area contributed by atoms with Crippen LogP contribution in [-0.2, 0) is 19.2 Å². The maximum Gasteiger partial charge on any atom is 0.214 e. The number of rotatable bonds is 30. The molecule has 0 aliphatic rings. The second kappa shape index (κ2) is 39.1. The molecule has 0 amide bonds. The van der Waals surface area contributed by atoms with Gasteiger partial charge < -0.3 is 17.9 Å². The van der Waals surface area contributed by atoms with Crippen molar-refractivity contribution in [2.24, 2.45) is 0 Å². The zero-order valence-corrected chi connectivity index (χ0v) is 46.7. The van der Waals surface area contributed by atoms with Crippen LogP contribution in [0.25, 0.3) is 0 Å². The summed E-state index contributed by atoms with van der Waals surface area (Å²) >= 11 is 5.62. The molecule has 0 fully saturated rings. The topological polar surface area (TPSA) is 68.3 Å². The quantitative estimate of drug-likeness (QED) is 0.0521. The predicted octanol–water partition coefficient (Wildman–Crippen LogP) is 11.6. The van der Waals surface area contributed by atoms with Gasteiger partial charge in [0.1, 0.15) is 0 Å². The van der Waals surface area contributed by atoms with Crippen molar-refractivity contribution in [1.82, 2.24) is 0 Å². The van der Waals surface area contributed by atoms with Gasteiger partial charge in [-0.05, 0) is 110 Å². The molecule has 0 heterocycles. The Morgan fingerprint density at radius 3 is 0.806 bits per heavy atom. The first kappa shape index (κ1) is 67.5. The van der Waals surface area contributed by atoms with E-state index in [2.05, 4.69) is 110 Å². The van der Waals surface area contributed by atoms with Gasteiger partial charge in [0.25, 0.3) is 0 Å². The lowest BCUT2D eigenvalue weighted by molar-refractivity contribution is -0.924. The van der Waals surface area contributed by atoms with Crippen LogP contribution in [0, 0.1) is 0 Å². The van der Waals surface area contributed by atoms with Gasteiger partial charge in [-0.1, -0.05) is 107 Å². The largest absolute Gasteiger partial charge is 0.330 e. The number of carbonyl (C=O) groups excluding carboxylic acids is 4. The van der Waals surface area contributed by atoms with Crippen LogP contribution in [0.2, 0.25) is 0 Å². The zero-order valence-electron chi connectivity index (χ0n) is 43.4. The summed E-state index contributed by atoms with van der Waals surface area (Å²) < 4.78 is 4.33. The van der Waals surface area contributed by atoms with E-state index in [4.69, 9.17) is 0 Å². The molecule has 0 saturated carbocycles. The van der Waals surface area contributed by atoms with Gasteiger partial charge in [0.15, 0.2) is 0 Å². The molecule has 0 radical (unpaired) electrons. The van der Waals surface area contributed by atoms with E-state index in [1.54, 1.807) is 27.7 Å². The Hall–Kier alpha value is -1.12. The summed E-state index contributed by atoms with van der Waals surface area (Å²) in [6.07, 6.45) is 6.19. The van der Waals surface area contributed by atoms with E-state index in [1.165, 1.54) is 123 Å². The highest BCUT2D eigenvalue weighted by Crippen LogP contribution is 2.18. The third-order valence-corrected chi connectivity index (χ3v) is 15.2. The molecule has 12 heteroatoms. The minimum Gasteiger partial charge on any atom is -0.330 e. The molecule has 62 heavy (non-hydrogen) atoms. The van der Waals surface area contributed by atoms with Crippen LogP contribution >= 0.6 is 47.0 Å². The third kappa shape index (κ3) is 35.2. The molecular formula is C50H100N4O4S4+4. The van der Waals surface area contributed by atoms with Crippen LogP contribution in [0.4, 0.5) is 0 Å². The van der Waals surface area contributed by atoms with Gasteiger partial charge in [0.2, 0.25) is 20.5 Å². The maximum absolute atomic E-state index is 11.5. The smallest absolute Gasteiger partial charge is 0.214 e. The lowest BCUT2D eigenvalue weighted by Crippen LogP contribution is -2.50. The van der Waals surface area contributed by atoms with Gasteiger partial charge in [0.05, 0.1) is 129 Å². The van der Waals surface area contributed by atoms with E-state index in [0.29, 0.717) is 22.3 Å². The first-order valence-electron chi connectivity index (χ1n) is 23.5. The summed E-state index contributed by atoms with van der Waals surface area (Å²) in [5.74, 6) is 3.61. The number of quaternary nitrogens is 4. The van der Waals surface area contributed by atoms with Crippen LogP contribution in [0.5, 0.6) is 0 Å². The van der Waals surface area contributed by atoms with E-state index in [-0.39, 0.29) is 20.5 Å². The lowest BCUT2D eigenvalue weighted by atomic mass is 10.2. The first-order valence-corrected chi connectivity index (χ1v) is 27.5. The normalized spacial score (nSPS) is 12.3. The van der Waals surface area contributed by atoms with E-state index < -0.39 is 0 Å². The maximum atomic E-state index is 11.5. The van der Waals surface area contributed by atoms with Gasteiger partial charge in [0, 0.05) is 0 Å². The fourth-order valence-electron chi connectivity index (χ4n) is 6.58. The summed E-state index contributed by atoms with van der Waals surface area (Å²) in [5.41, 5.74) is 2.62. The fourth-order valence-corrected chi connectivity index (χ4v) is 10.4. The predicted molar refractivity (Wildman–Crippen MR) is 285 cm³/mol. The van der Waals surface area contributed by atoms with E-state index in [9.17, 15) is 19.2 Å². The number of nitrogens with zero attached hydrogens (tertiary/aromatic N) is 4. The Kier molecular flexibility index (Phi) is 42.5. The molecule has 0 rings (SSSR count). The van der Waals surface area contributed by atoms with Crippen molar-refractivity contribution < 1.29 is 37.1 Å². The van der Waals surface area contributed by atoms with Gasteiger partial charge in [-0.3, -0.25) is 19.2 Å². The van der Waals surface area contributed by atoms with Gasteiger partial charge >= 0.3 is 0 Å². The Morgan fingerprint density at radius 1 is 0.355 bits per heavy atom. The van der Waals surface area contributed by atoms with Crippen molar-refractivity contribution in [1.29, 1.82) is 0 Å². The van der Waals surface area contributed by atoms with Crippen molar-refractivity contribution in [3.05, 3.63) is 48.6 Å². The molecule has 364 valence electrons. The summed E-state index contributed by atoms with van der Waals surface area (Å²) in [6, 6.07) is 0. The molecule has 0 aromatic heterocycles. The van der Waals surface area contributed by atoms with E-state index >= 15 is 0 Å². The van der Waals surface area contributed by atoms with Crippen LogP contribution in [0.15, 0.2) is 48.6 Å². The summed E-state index contributed by atoms with van der Waals surface area (Å²) in [7, 11) is 6.35. The van der Waals surface area contributed by atoms with Crippen molar-refractivity contribution in [3.63, 3.8) is 0 Å². The number of thioether (sulfide) groups is 4. The standard InChI is InChI=1S/C15H30NOS.C14H28NOS.C12H24NOS.C9H18NOS/c1-6-9-11-16(8-3,10-7-2)12-13-18-15(17)14(4)5;1-6-9-15(8-3,10-7-2)11-12-17-14(16)13(4)5;1-6-13(7-2,8-3)9-10-15-12(14)11(4)5;1-8(2)9(11)12-7-6-10(3,4)5/h4,6-13H2,1-3,5H3;4,6-12H2,1-3,5H3;4,6-10H2,1-3,5H3;1,6-7H2,2-5H3/q4*+1. The molecule has 0 aliphatic heterocycles.